The summed E-state index contributed by atoms with van der Waals surface area (Å²) >= 11 is 0. The van der Waals surface area contributed by atoms with Crippen molar-refractivity contribution < 1.29 is 27.8 Å². The maximum Gasteiger partial charge on any atom is 0.419 e. The van der Waals surface area contributed by atoms with Crippen LogP contribution in [-0.4, -0.2) is 24.2 Å². The Morgan fingerprint density at radius 3 is 2.70 bits per heavy atom. The molecule has 0 saturated heterocycles. The van der Waals surface area contributed by atoms with Gasteiger partial charge in [-0.1, -0.05) is 12.1 Å². The van der Waals surface area contributed by atoms with Crippen LogP contribution < -0.4 is 10.1 Å². The molecule has 0 aliphatic rings. The van der Waals surface area contributed by atoms with Crippen LogP contribution in [0.5, 0.6) is 5.75 Å². The normalized spacial score (nSPS) is 11.0. The van der Waals surface area contributed by atoms with E-state index in [1.807, 2.05) is 0 Å². The molecule has 0 radical (unpaired) electrons. The molecular formula is C13H14F3NO3. The minimum absolute atomic E-state index is 0.112. The minimum Gasteiger partial charge on any atom is -0.483 e. The number of nitrogens with one attached hydrogen (secondary N) is 1. The van der Waals surface area contributed by atoms with Crippen molar-refractivity contribution in [1.82, 2.24) is 5.32 Å². The molecule has 0 aliphatic carbocycles. The average Bonchev–Trinajstić information content (AvgIpc) is 2.41. The molecule has 1 rings (SSSR count). The molecule has 0 saturated carbocycles. The first-order valence-corrected chi connectivity index (χ1v) is 5.70. The largest absolute Gasteiger partial charge is 0.483 e. The lowest BCUT2D eigenvalue weighted by molar-refractivity contribution is -0.139. The van der Waals surface area contributed by atoms with Crippen molar-refractivity contribution in [1.29, 1.82) is 0 Å². The van der Waals surface area contributed by atoms with Gasteiger partial charge in [-0.15, -0.1) is 6.58 Å². The summed E-state index contributed by atoms with van der Waals surface area (Å²) in [6.45, 7) is 2.55. The molecule has 0 fully saturated rings. The number of rotatable bonds is 6. The van der Waals surface area contributed by atoms with Gasteiger partial charge in [-0.3, -0.25) is 4.79 Å². The van der Waals surface area contributed by atoms with Gasteiger partial charge >= 0.3 is 6.18 Å². The van der Waals surface area contributed by atoms with E-state index >= 15 is 0 Å². The Hall–Kier alpha value is -2.02. The summed E-state index contributed by atoms with van der Waals surface area (Å²) in [6, 6.07) is 3.17. The fraction of sp³-hybridized carbons (Fsp3) is 0.308. The van der Waals surface area contributed by atoms with Gasteiger partial charge in [0.25, 0.3) is 5.91 Å². The summed E-state index contributed by atoms with van der Waals surface area (Å²) in [5.41, 5.74) is -0.915. The van der Waals surface area contributed by atoms with E-state index in [1.165, 1.54) is 12.1 Å². The fourth-order valence-corrected chi connectivity index (χ4v) is 1.40. The molecule has 1 amide bonds. The topological polar surface area (TPSA) is 58.6 Å². The zero-order valence-corrected chi connectivity index (χ0v) is 10.5. The molecule has 0 spiro atoms. The van der Waals surface area contributed by atoms with Gasteiger partial charge in [0.05, 0.1) is 12.2 Å². The number of aliphatic hydroxyl groups is 1. The number of carbonyl (C=O) groups is 1. The summed E-state index contributed by atoms with van der Waals surface area (Å²) in [5, 5.41) is 11.2. The van der Waals surface area contributed by atoms with Gasteiger partial charge in [0.15, 0.2) is 6.61 Å². The van der Waals surface area contributed by atoms with Crippen LogP contribution in [0, 0.1) is 0 Å². The second-order valence-electron chi connectivity index (χ2n) is 3.87. The fourth-order valence-electron chi connectivity index (χ4n) is 1.40. The third kappa shape index (κ3) is 4.58. The van der Waals surface area contributed by atoms with Gasteiger partial charge in [0.2, 0.25) is 0 Å². The van der Waals surface area contributed by atoms with Crippen molar-refractivity contribution in [2.45, 2.75) is 12.8 Å². The predicted octanol–water partition coefficient (Wildman–Crippen LogP) is 1.88. The summed E-state index contributed by atoms with van der Waals surface area (Å²) < 4.78 is 43.3. The van der Waals surface area contributed by atoms with Crippen LogP contribution in [0.2, 0.25) is 0 Å². The number of carbonyl (C=O) groups excluding carboxylic acids is 1. The Kier molecular flexibility index (Phi) is 5.57. The zero-order valence-electron chi connectivity index (χ0n) is 10.5. The van der Waals surface area contributed by atoms with Crippen molar-refractivity contribution in [2.24, 2.45) is 0 Å². The van der Waals surface area contributed by atoms with Gasteiger partial charge in [-0.05, 0) is 17.7 Å². The lowest BCUT2D eigenvalue weighted by Crippen LogP contribution is -2.29. The Morgan fingerprint density at radius 2 is 2.15 bits per heavy atom. The Balaban J connectivity index is 2.84. The number of benzene rings is 1. The Bertz CT molecular complexity index is 486. The lowest BCUT2D eigenvalue weighted by Gasteiger charge is -2.14. The second kappa shape index (κ2) is 6.95. The number of alkyl halides is 3. The highest BCUT2D eigenvalue weighted by atomic mass is 19.4. The van der Waals surface area contributed by atoms with E-state index in [-0.39, 0.29) is 12.1 Å². The Morgan fingerprint density at radius 1 is 1.45 bits per heavy atom. The number of amides is 1. The predicted molar refractivity (Wildman–Crippen MR) is 66.1 cm³/mol. The van der Waals surface area contributed by atoms with Crippen LogP contribution in [0.15, 0.2) is 30.9 Å². The summed E-state index contributed by atoms with van der Waals surface area (Å²) in [4.78, 5) is 11.3. The van der Waals surface area contributed by atoms with E-state index < -0.39 is 36.6 Å². The summed E-state index contributed by atoms with van der Waals surface area (Å²) in [7, 11) is 0. The highest BCUT2D eigenvalue weighted by Crippen LogP contribution is 2.36. The van der Waals surface area contributed by atoms with Crippen LogP contribution in [-0.2, 0) is 17.6 Å². The highest BCUT2D eigenvalue weighted by molar-refractivity contribution is 5.77. The molecule has 4 nitrogen and oxygen atoms in total. The number of halogens is 3. The van der Waals surface area contributed by atoms with Crippen LogP contribution in [0.3, 0.4) is 0 Å². The van der Waals surface area contributed by atoms with Crippen molar-refractivity contribution >= 4 is 5.91 Å². The van der Waals surface area contributed by atoms with Crippen LogP contribution in [0.1, 0.15) is 11.1 Å². The molecule has 1 aromatic carbocycles. The first kappa shape index (κ1) is 16.0. The minimum atomic E-state index is -4.63. The van der Waals surface area contributed by atoms with Crippen LogP contribution >= 0.6 is 0 Å². The van der Waals surface area contributed by atoms with Crippen molar-refractivity contribution in [3.8, 4) is 5.75 Å². The number of hydrogen-bond acceptors (Lipinski definition) is 3. The van der Waals surface area contributed by atoms with E-state index in [0.29, 0.717) is 0 Å². The van der Waals surface area contributed by atoms with E-state index in [1.54, 1.807) is 0 Å². The second-order valence-corrected chi connectivity index (χ2v) is 3.87. The van der Waals surface area contributed by atoms with Crippen molar-refractivity contribution in [3.63, 3.8) is 0 Å². The maximum absolute atomic E-state index is 12.8. The molecule has 0 atom stereocenters. The molecule has 2 N–H and O–H groups in total. The molecule has 0 bridgehead atoms. The van der Waals surface area contributed by atoms with Crippen molar-refractivity contribution in [2.75, 3.05) is 13.2 Å². The quantitative estimate of drug-likeness (QED) is 0.786. The summed E-state index contributed by atoms with van der Waals surface area (Å²) in [6.07, 6.45) is -3.19. The summed E-state index contributed by atoms with van der Waals surface area (Å²) in [5.74, 6) is -1.01. The number of hydrogen-bond donors (Lipinski definition) is 2. The van der Waals surface area contributed by atoms with Crippen molar-refractivity contribution in [3.05, 3.63) is 42.0 Å². The van der Waals surface area contributed by atoms with Gasteiger partial charge in [0, 0.05) is 6.54 Å². The first-order valence-electron chi connectivity index (χ1n) is 5.70. The Labute approximate surface area is 113 Å². The smallest absolute Gasteiger partial charge is 0.419 e. The van der Waals surface area contributed by atoms with Gasteiger partial charge in [0.1, 0.15) is 5.75 Å². The maximum atomic E-state index is 12.8. The highest BCUT2D eigenvalue weighted by Gasteiger charge is 2.34. The lowest BCUT2D eigenvalue weighted by atomic mass is 10.1. The molecule has 110 valence electrons. The van der Waals surface area contributed by atoms with Gasteiger partial charge in [-0.2, -0.15) is 13.2 Å². The monoisotopic (exact) mass is 289 g/mol. The third-order valence-electron chi connectivity index (χ3n) is 2.33. The molecule has 0 heterocycles. The van der Waals surface area contributed by atoms with E-state index in [0.717, 1.165) is 12.1 Å². The molecule has 0 aliphatic heterocycles. The van der Waals surface area contributed by atoms with E-state index in [9.17, 15) is 18.0 Å². The molecule has 0 aromatic heterocycles. The van der Waals surface area contributed by atoms with Gasteiger partial charge in [-0.25, -0.2) is 0 Å². The molecule has 20 heavy (non-hydrogen) atoms. The SMILES string of the molecule is C=CCNC(=O)COc1ccc(CO)cc1C(F)(F)F. The number of ether oxygens (including phenoxy) is 1. The number of aliphatic hydroxyl groups excluding tert-OH is 1. The van der Waals surface area contributed by atoms with Crippen LogP contribution in [0.4, 0.5) is 13.2 Å². The average molecular weight is 289 g/mol. The standard InChI is InChI=1S/C13H14F3NO3/c1-2-5-17-12(19)8-20-11-4-3-9(7-18)6-10(11)13(14,15)16/h2-4,6,18H,1,5,7-8H2,(H,17,19). The van der Waals surface area contributed by atoms with Gasteiger partial charge < -0.3 is 15.2 Å². The first-order chi connectivity index (χ1) is 9.38. The molecular weight excluding hydrogens is 275 g/mol. The van der Waals surface area contributed by atoms with Crippen LogP contribution in [0.25, 0.3) is 0 Å². The van der Waals surface area contributed by atoms with E-state index in [4.69, 9.17) is 9.84 Å². The molecule has 7 heteroatoms. The van der Waals surface area contributed by atoms with E-state index in [2.05, 4.69) is 11.9 Å². The molecule has 0 unspecified atom stereocenters. The third-order valence-corrected chi connectivity index (χ3v) is 2.33. The molecule has 1 aromatic rings. The zero-order chi connectivity index (χ0) is 15.2.